The van der Waals surface area contributed by atoms with Crippen molar-refractivity contribution in [3.63, 3.8) is 0 Å². The van der Waals surface area contributed by atoms with Gasteiger partial charge in [0, 0.05) is 134 Å². The summed E-state index contributed by atoms with van der Waals surface area (Å²) < 4.78 is 33.5. The first kappa shape index (κ1) is 113. The van der Waals surface area contributed by atoms with Gasteiger partial charge in [-0.25, -0.2) is 4.98 Å². The fraction of sp³-hybridized carbons (Fsp3) is 0.736. The number of phenols is 1. The van der Waals surface area contributed by atoms with Crippen LogP contribution >= 0.6 is 23.1 Å². The Kier molecular flexibility index (Phi) is 56.5. The lowest BCUT2D eigenvalue weighted by Crippen LogP contribution is -2.50. The van der Waals surface area contributed by atoms with Crippen LogP contribution in [0.4, 0.5) is 5.69 Å². The van der Waals surface area contributed by atoms with Gasteiger partial charge in [0.15, 0.2) is 17.7 Å². The number of aromatic nitrogens is 1. The number of carboxylic acids is 2. The van der Waals surface area contributed by atoms with Gasteiger partial charge in [-0.2, -0.15) is 11.8 Å². The Morgan fingerprint density at radius 1 is 0.638 bits per heavy atom. The zero-order chi connectivity index (χ0) is 94.4. The molecular formula is C91H148N10O24S2. The van der Waals surface area contributed by atoms with E-state index in [0.29, 0.717) is 50.8 Å². The summed E-state index contributed by atoms with van der Waals surface area (Å²) in [5, 5.41) is 48.2. The summed E-state index contributed by atoms with van der Waals surface area (Å²) in [5.74, 6) is -8.76. The molecule has 2 aromatic rings. The first-order chi connectivity index (χ1) is 60.4. The molecule has 127 heavy (non-hydrogen) atoms. The van der Waals surface area contributed by atoms with E-state index in [4.69, 9.17) is 33.5 Å². The molecule has 1 aromatic carbocycles. The number of hydrogen-bond acceptors (Lipinski definition) is 26. The zero-order valence-corrected chi connectivity index (χ0v) is 79.1. The number of nitrogens with zero attached hydrogens (tertiary/aromatic N) is 4. The molecule has 1 aliphatic heterocycles. The smallest absolute Gasteiger partial charge is 0.306 e. The van der Waals surface area contributed by atoms with Crippen molar-refractivity contribution in [2.75, 3.05) is 118 Å². The Morgan fingerprint density at radius 2 is 1.22 bits per heavy atom. The summed E-state index contributed by atoms with van der Waals surface area (Å²) in [5.41, 5.74) is -0.298. The molecule has 0 spiro atoms. The molecule has 36 heteroatoms. The van der Waals surface area contributed by atoms with Crippen molar-refractivity contribution in [2.45, 2.75) is 296 Å². The maximum Gasteiger partial charge on any atom is 0.306 e. The molecule has 0 bridgehead atoms. The number of phenolic OH excluding ortho intramolecular Hbond substituents is 1. The van der Waals surface area contributed by atoms with Gasteiger partial charge in [-0.3, -0.25) is 81.7 Å². The first-order valence-corrected chi connectivity index (χ1v) is 47.5. The van der Waals surface area contributed by atoms with Crippen molar-refractivity contribution in [3.05, 3.63) is 39.8 Å². The van der Waals surface area contributed by atoms with Crippen LogP contribution in [0.25, 0.3) is 0 Å². The van der Waals surface area contributed by atoms with E-state index < -0.39 is 100 Å². The van der Waals surface area contributed by atoms with Gasteiger partial charge >= 0.3 is 17.9 Å². The number of anilines is 1. The number of rotatable bonds is 74. The summed E-state index contributed by atoms with van der Waals surface area (Å²) in [7, 11) is 5.32. The molecule has 9 atom stereocenters. The first-order valence-electron chi connectivity index (χ1n) is 45.3. The van der Waals surface area contributed by atoms with Crippen LogP contribution in [0.2, 0.25) is 0 Å². The van der Waals surface area contributed by atoms with Crippen LogP contribution in [0, 0.1) is 23.7 Å². The Labute approximate surface area is 758 Å². The molecule has 0 aliphatic carbocycles. The van der Waals surface area contributed by atoms with Crippen LogP contribution < -0.4 is 31.9 Å². The van der Waals surface area contributed by atoms with Crippen molar-refractivity contribution < 1.29 is 116 Å². The number of amides is 9. The van der Waals surface area contributed by atoms with E-state index in [2.05, 4.69) is 43.8 Å². The summed E-state index contributed by atoms with van der Waals surface area (Å²) >= 11 is 2.36. The number of carbonyl (C=O) groups is 15. The molecular weight excluding hydrogens is 1680 g/mol. The highest BCUT2D eigenvalue weighted by Crippen LogP contribution is 2.34. The molecule has 1 aromatic heterocycles. The van der Waals surface area contributed by atoms with E-state index >= 15 is 0 Å². The van der Waals surface area contributed by atoms with Crippen LogP contribution in [0.15, 0.2) is 23.6 Å². The second kappa shape index (κ2) is 63.6. The van der Waals surface area contributed by atoms with E-state index in [1.165, 1.54) is 68.8 Å². The third kappa shape index (κ3) is 46.1. The number of esters is 1. The number of aromatic hydroxyl groups is 1. The van der Waals surface area contributed by atoms with Gasteiger partial charge in [0.2, 0.25) is 47.3 Å². The summed E-state index contributed by atoms with van der Waals surface area (Å²) in [6.07, 6.45) is 13.0. The lowest BCUT2D eigenvalue weighted by molar-refractivity contribution is -0.150. The normalized spacial score (nSPS) is 14.7. The molecule has 1 saturated heterocycles. The number of Topliss-reactive ketones (excluding diaryl/α,β-unsaturated/α-hetero) is 3. The lowest BCUT2D eigenvalue weighted by atomic mass is 9.81. The molecule has 0 radical (unpaired) electrons. The number of nitrogens with one attached hydrogen (secondary N) is 6. The second-order valence-electron chi connectivity index (χ2n) is 33.8. The molecule has 2 unspecified atom stereocenters. The Hall–Kier alpha value is -8.39. The Balaban J connectivity index is 1.44. The average molecular weight is 1830 g/mol. The number of hydrogen-bond donors (Lipinski definition) is 9. The Bertz CT molecular complexity index is 3750. The number of likely N-dealkylation sites (N-methyl/N-ethyl adjacent to an activating group) is 1. The fourth-order valence-corrected chi connectivity index (χ4v) is 15.6. The Morgan fingerprint density at radius 3 is 1.83 bits per heavy atom. The summed E-state index contributed by atoms with van der Waals surface area (Å²) in [6, 6.07) is 1.24. The topological polar surface area (TPSA) is 467 Å². The maximum atomic E-state index is 14.5. The highest BCUT2D eigenvalue weighted by molar-refractivity contribution is 8.00. The molecule has 2 heterocycles. The summed E-state index contributed by atoms with van der Waals surface area (Å²) in [4.78, 5) is 204. The monoisotopic (exact) mass is 1830 g/mol. The molecule has 9 amide bonds. The van der Waals surface area contributed by atoms with Gasteiger partial charge in [0.1, 0.15) is 28.3 Å². The number of imide groups is 1. The van der Waals surface area contributed by atoms with Crippen LogP contribution in [0.3, 0.4) is 0 Å². The van der Waals surface area contributed by atoms with Gasteiger partial charge in [-0.15, -0.1) is 11.3 Å². The van der Waals surface area contributed by atoms with Gasteiger partial charge in [-0.1, -0.05) is 99.0 Å². The zero-order valence-electron chi connectivity index (χ0n) is 77.5. The predicted molar refractivity (Wildman–Crippen MR) is 483 cm³/mol. The van der Waals surface area contributed by atoms with Crippen molar-refractivity contribution in [1.82, 2.24) is 46.3 Å². The SMILES string of the molecule is CCCCCCCCCCNC(=O)[C@H](CCC(=O)O)NC(=O)CCOCCOCCOCCC(=O)CCCOCCOCCC(=O)NCCCC[C@H](NC(=O)CCCN1C(=O)CC(SC)C1=O)C(=O)CCCCC(=O)Nc1cc(C[C@@H](CC(C)C(=O)O)NC(=O)c2csc([C@@H](C[C@H](C(C)C)N(C)C(=O)[C@@H](CC(=O)C(C)(C)N(C)C)[C@@H](C)CC)OC(C)=O)n2)ccc1O. The standard InChI is InChI=1S/C91H148N10O24S2/c1-14-16-17-18-19-20-21-25-42-93-85(114)70(35-37-84(112)113)96-82(110)40-47-123-51-53-124-52-50-121-45-38-67(103)29-28-44-120-48-49-122-46-39-79(107)92-41-26-24-30-69(95-81(109)33-27-43-101-83(111)59-77(126-13)89(101)117)74(104)31-22-23-32-80(108)97-71-56-65(34-36-75(71)105)55-66(54-63(6)90(118)119)94-86(115)72-60-127-87(98-72)76(125-64(7)102)58-73(61(3)4)100(12)88(116)68(62(5)15-2)57-78(106)91(8,9)99(10)11/h34,36,56,60-63,66,68-70,73,76-77,105H,14-33,35,37-55,57-59H2,1-13H3,(H,92,107)(H,93,114)(H,94,115)(H,95,109)(H,96,110)(H,97,108)(H,112,113)(H,118,119)/t62-,63?,66+,68-,69-,70-,73+,76+,77?/m0/s1. The highest BCUT2D eigenvalue weighted by Gasteiger charge is 2.41. The largest absolute Gasteiger partial charge is 0.506 e. The number of ketones is 3. The number of unbranched alkanes of at least 4 members (excludes halogenated alkanes) is 9. The summed E-state index contributed by atoms with van der Waals surface area (Å²) in [6.45, 7) is 19.4. The van der Waals surface area contributed by atoms with E-state index in [-0.39, 0.29) is 257 Å². The maximum absolute atomic E-state index is 14.5. The molecule has 34 nitrogen and oxygen atoms in total. The molecule has 3 rings (SSSR count). The minimum Gasteiger partial charge on any atom is -0.506 e. The van der Waals surface area contributed by atoms with E-state index in [1.54, 1.807) is 24.3 Å². The average Bonchev–Trinajstić information content (AvgIpc) is 1.81. The number of likely N-dealkylation sites (tertiary alicyclic amines) is 1. The number of aliphatic carboxylic acids is 2. The van der Waals surface area contributed by atoms with Crippen LogP contribution in [0.1, 0.15) is 276 Å². The van der Waals surface area contributed by atoms with Crippen LogP contribution in [-0.2, 0) is 102 Å². The van der Waals surface area contributed by atoms with Crippen molar-refractivity contribution >= 4 is 117 Å². The van der Waals surface area contributed by atoms with Crippen LogP contribution in [0.5, 0.6) is 5.75 Å². The molecule has 0 saturated carbocycles. The minimum absolute atomic E-state index is 0.0124. The lowest BCUT2D eigenvalue weighted by Gasteiger charge is -2.38. The van der Waals surface area contributed by atoms with Gasteiger partial charge in [0.25, 0.3) is 5.91 Å². The van der Waals surface area contributed by atoms with Gasteiger partial charge in [-0.05, 0) is 134 Å². The predicted octanol–water partition coefficient (Wildman–Crippen LogP) is 10.1. The number of carbonyl (C=O) groups excluding carboxylic acids is 13. The van der Waals surface area contributed by atoms with E-state index in [1.807, 2.05) is 60.5 Å². The van der Waals surface area contributed by atoms with Gasteiger partial charge in [0.05, 0.1) is 87.9 Å². The van der Waals surface area contributed by atoms with Crippen LogP contribution in [-0.4, -0.2) is 271 Å². The third-order valence-corrected chi connectivity index (χ3v) is 24.6. The number of ether oxygens (including phenoxy) is 6. The number of thiazole rings is 1. The van der Waals surface area contributed by atoms with Gasteiger partial charge < -0.3 is 80.5 Å². The third-order valence-electron chi connectivity index (χ3n) is 22.8. The molecule has 718 valence electrons. The number of thioether (sulfide) groups is 1. The fourth-order valence-electron chi connectivity index (χ4n) is 14.1. The molecule has 1 fully saturated rings. The minimum atomic E-state index is -1.11. The van der Waals surface area contributed by atoms with Crippen molar-refractivity contribution in [1.29, 1.82) is 0 Å². The molecule has 9 N–H and O–H groups in total. The van der Waals surface area contributed by atoms with Crippen molar-refractivity contribution in [2.24, 2.45) is 23.7 Å². The second-order valence-corrected chi connectivity index (χ2v) is 35.7. The number of benzene rings is 1. The van der Waals surface area contributed by atoms with E-state index in [9.17, 15) is 82.1 Å². The number of carboxylic acid groups (broad SMARTS) is 2. The highest BCUT2D eigenvalue weighted by atomic mass is 32.2. The van der Waals surface area contributed by atoms with Crippen molar-refractivity contribution in [3.8, 4) is 5.75 Å². The molecule has 1 aliphatic rings. The quantitative estimate of drug-likeness (QED) is 0.0129. The van der Waals surface area contributed by atoms with E-state index in [0.717, 1.165) is 41.9 Å².